The third-order valence-electron chi connectivity index (χ3n) is 3.57. The molecule has 1 heterocycles. The molecule has 0 saturated carbocycles. The number of nitrogens with one attached hydrogen (secondary N) is 1. The van der Waals surface area contributed by atoms with E-state index in [1.807, 2.05) is 0 Å². The maximum absolute atomic E-state index is 9.11. The molecule has 0 spiro atoms. The van der Waals surface area contributed by atoms with Crippen LogP contribution in [0.15, 0.2) is 24.3 Å². The molecule has 2 aromatic rings. The van der Waals surface area contributed by atoms with Gasteiger partial charge in [-0.2, -0.15) is 5.26 Å². The Labute approximate surface area is 124 Å². The summed E-state index contributed by atoms with van der Waals surface area (Å²) in [7, 11) is 0. The van der Waals surface area contributed by atoms with E-state index in [1.165, 1.54) is 17.0 Å². The number of hydrogen-bond donors (Lipinski definition) is 1. The quantitative estimate of drug-likeness (QED) is 0.913. The van der Waals surface area contributed by atoms with Crippen molar-refractivity contribution in [3.8, 4) is 6.07 Å². The van der Waals surface area contributed by atoms with Crippen LogP contribution in [-0.2, 0) is 13.1 Å². The average Bonchev–Trinajstić information content (AvgIpc) is 2.70. The summed E-state index contributed by atoms with van der Waals surface area (Å²) in [6, 6.07) is 9.62. The second-order valence-corrected chi connectivity index (χ2v) is 5.23. The van der Waals surface area contributed by atoms with Gasteiger partial charge in [-0.1, -0.05) is 11.6 Å². The Bertz CT molecular complexity index is 665. The summed E-state index contributed by atoms with van der Waals surface area (Å²) in [6.07, 6.45) is 0. The van der Waals surface area contributed by atoms with Gasteiger partial charge in [-0.05, 0) is 50.6 Å². The van der Waals surface area contributed by atoms with Crippen molar-refractivity contribution in [2.24, 2.45) is 0 Å². The Hall–Kier alpha value is -1.92. The van der Waals surface area contributed by atoms with Crippen LogP contribution in [0.3, 0.4) is 0 Å². The zero-order valence-electron chi connectivity index (χ0n) is 12.0. The first-order valence-corrected chi connectivity index (χ1v) is 7.03. The van der Waals surface area contributed by atoms with Gasteiger partial charge >= 0.3 is 0 Å². The van der Waals surface area contributed by atoms with Crippen molar-refractivity contribution in [1.82, 2.24) is 4.57 Å². The van der Waals surface area contributed by atoms with Crippen LogP contribution in [0.4, 0.5) is 5.69 Å². The van der Waals surface area contributed by atoms with Crippen molar-refractivity contribution in [1.29, 1.82) is 5.26 Å². The van der Waals surface area contributed by atoms with Crippen molar-refractivity contribution in [3.63, 3.8) is 0 Å². The van der Waals surface area contributed by atoms with Crippen molar-refractivity contribution in [2.45, 2.75) is 33.9 Å². The van der Waals surface area contributed by atoms with Crippen LogP contribution in [0, 0.1) is 25.2 Å². The van der Waals surface area contributed by atoms with E-state index < -0.39 is 0 Å². The molecule has 0 aliphatic rings. The number of nitriles is 1. The van der Waals surface area contributed by atoms with Gasteiger partial charge in [0.05, 0.1) is 11.3 Å². The maximum Gasteiger partial charge on any atom is 0.101 e. The minimum Gasteiger partial charge on any atom is -0.380 e. The lowest BCUT2D eigenvalue weighted by Gasteiger charge is -2.09. The normalized spacial score (nSPS) is 10.3. The van der Waals surface area contributed by atoms with E-state index >= 15 is 0 Å². The van der Waals surface area contributed by atoms with Crippen molar-refractivity contribution in [3.05, 3.63) is 51.8 Å². The van der Waals surface area contributed by atoms with Crippen molar-refractivity contribution < 1.29 is 0 Å². The molecular formula is C16H18ClN3. The molecule has 0 aliphatic carbocycles. The minimum atomic E-state index is 0.610. The van der Waals surface area contributed by atoms with Crippen LogP contribution < -0.4 is 5.32 Å². The van der Waals surface area contributed by atoms with Crippen LogP contribution in [0.2, 0.25) is 5.02 Å². The van der Waals surface area contributed by atoms with Crippen LogP contribution in [-0.4, -0.2) is 4.57 Å². The molecule has 0 unspecified atom stereocenters. The fraction of sp³-hybridized carbons (Fsp3) is 0.312. The third-order valence-corrected chi connectivity index (χ3v) is 3.80. The Morgan fingerprint density at radius 1 is 1.30 bits per heavy atom. The fourth-order valence-corrected chi connectivity index (χ4v) is 2.66. The van der Waals surface area contributed by atoms with E-state index in [9.17, 15) is 0 Å². The largest absolute Gasteiger partial charge is 0.380 e. The number of halogens is 1. The predicted molar refractivity (Wildman–Crippen MR) is 83.1 cm³/mol. The Kier molecular flexibility index (Phi) is 4.36. The van der Waals surface area contributed by atoms with E-state index in [-0.39, 0.29) is 0 Å². The summed E-state index contributed by atoms with van der Waals surface area (Å²) < 4.78 is 2.28. The number of aryl methyl sites for hydroxylation is 1. The van der Waals surface area contributed by atoms with E-state index in [0.29, 0.717) is 17.1 Å². The molecule has 3 nitrogen and oxygen atoms in total. The Morgan fingerprint density at radius 2 is 2.05 bits per heavy atom. The van der Waals surface area contributed by atoms with Gasteiger partial charge in [-0.15, -0.1) is 0 Å². The second-order valence-electron chi connectivity index (χ2n) is 4.80. The second kappa shape index (κ2) is 6.02. The number of hydrogen-bond acceptors (Lipinski definition) is 2. The van der Waals surface area contributed by atoms with Gasteiger partial charge in [0.1, 0.15) is 6.07 Å². The SMILES string of the molecule is CCn1c(C)cc(CNc2cc(Cl)ccc2C#N)c1C. The molecule has 104 valence electrons. The number of benzene rings is 1. The number of nitrogens with zero attached hydrogens (tertiary/aromatic N) is 2. The van der Waals surface area contributed by atoms with Crippen LogP contribution in [0.5, 0.6) is 0 Å². The first-order chi connectivity index (χ1) is 9.56. The van der Waals surface area contributed by atoms with E-state index in [0.717, 1.165) is 12.2 Å². The molecule has 1 N–H and O–H groups in total. The van der Waals surface area contributed by atoms with E-state index in [2.05, 4.69) is 42.8 Å². The summed E-state index contributed by atoms with van der Waals surface area (Å²) in [5.74, 6) is 0. The summed E-state index contributed by atoms with van der Waals surface area (Å²) >= 11 is 5.99. The summed E-state index contributed by atoms with van der Waals surface area (Å²) in [4.78, 5) is 0. The highest BCUT2D eigenvalue weighted by molar-refractivity contribution is 6.30. The van der Waals surface area contributed by atoms with Crippen LogP contribution in [0.1, 0.15) is 29.4 Å². The molecule has 20 heavy (non-hydrogen) atoms. The zero-order chi connectivity index (χ0) is 14.7. The van der Waals surface area contributed by atoms with Gasteiger partial charge < -0.3 is 9.88 Å². The molecule has 0 amide bonds. The first-order valence-electron chi connectivity index (χ1n) is 6.66. The summed E-state index contributed by atoms with van der Waals surface area (Å²) in [5, 5.41) is 13.0. The van der Waals surface area contributed by atoms with E-state index in [1.54, 1.807) is 18.2 Å². The standard InChI is InChI=1S/C16H18ClN3/c1-4-20-11(2)7-14(12(20)3)10-19-16-8-15(17)6-5-13(16)9-18/h5-8,19H,4,10H2,1-3H3. The molecule has 4 heteroatoms. The third kappa shape index (κ3) is 2.81. The smallest absolute Gasteiger partial charge is 0.101 e. The highest BCUT2D eigenvalue weighted by Gasteiger charge is 2.09. The Morgan fingerprint density at radius 3 is 2.65 bits per heavy atom. The molecule has 0 fully saturated rings. The van der Waals surface area contributed by atoms with Gasteiger partial charge in [0, 0.05) is 29.5 Å². The average molecular weight is 288 g/mol. The predicted octanol–water partition coefficient (Wildman–Crippen LogP) is 4.26. The molecule has 0 radical (unpaired) electrons. The maximum atomic E-state index is 9.11. The number of anilines is 1. The van der Waals surface area contributed by atoms with Crippen molar-refractivity contribution in [2.75, 3.05) is 5.32 Å². The zero-order valence-corrected chi connectivity index (χ0v) is 12.8. The van der Waals surface area contributed by atoms with Gasteiger partial charge in [0.25, 0.3) is 0 Å². The topological polar surface area (TPSA) is 40.8 Å². The van der Waals surface area contributed by atoms with Crippen LogP contribution >= 0.6 is 11.6 Å². The molecule has 2 rings (SSSR count). The van der Waals surface area contributed by atoms with Crippen LogP contribution in [0.25, 0.3) is 0 Å². The van der Waals surface area contributed by atoms with Gasteiger partial charge in [-0.3, -0.25) is 0 Å². The highest BCUT2D eigenvalue weighted by atomic mass is 35.5. The summed E-state index contributed by atoms with van der Waals surface area (Å²) in [5.41, 5.74) is 5.15. The lowest BCUT2D eigenvalue weighted by molar-refractivity contribution is 0.715. The number of aromatic nitrogens is 1. The first kappa shape index (κ1) is 14.5. The van der Waals surface area contributed by atoms with E-state index in [4.69, 9.17) is 16.9 Å². The molecule has 1 aromatic heterocycles. The number of rotatable bonds is 4. The molecule has 1 aromatic carbocycles. The highest BCUT2D eigenvalue weighted by Crippen LogP contribution is 2.22. The van der Waals surface area contributed by atoms with Crippen molar-refractivity contribution >= 4 is 17.3 Å². The minimum absolute atomic E-state index is 0.610. The van der Waals surface area contributed by atoms with Gasteiger partial charge in [0.15, 0.2) is 0 Å². The molecular weight excluding hydrogens is 270 g/mol. The Balaban J connectivity index is 2.21. The molecule has 0 saturated heterocycles. The fourth-order valence-electron chi connectivity index (χ4n) is 2.49. The molecule has 0 aliphatic heterocycles. The molecule has 0 atom stereocenters. The molecule has 0 bridgehead atoms. The lowest BCUT2D eigenvalue weighted by Crippen LogP contribution is -2.04. The van der Waals surface area contributed by atoms with Gasteiger partial charge in [0.2, 0.25) is 0 Å². The summed E-state index contributed by atoms with van der Waals surface area (Å²) in [6.45, 7) is 8.03. The van der Waals surface area contributed by atoms with Gasteiger partial charge in [-0.25, -0.2) is 0 Å². The lowest BCUT2D eigenvalue weighted by atomic mass is 10.2. The monoisotopic (exact) mass is 287 g/mol.